The fourth-order valence-corrected chi connectivity index (χ4v) is 0.634. The molecule has 0 spiro atoms. The molecule has 0 aliphatic rings. The molecule has 0 N–H and O–H groups in total. The van der Waals surface area contributed by atoms with Crippen molar-refractivity contribution in [2.45, 2.75) is 0 Å². The second-order valence-electron chi connectivity index (χ2n) is 1.60. The highest BCUT2D eigenvalue weighted by atomic mass is 32.2. The average Bonchev–Trinajstić information content (AvgIpc) is 2.06. The van der Waals surface area contributed by atoms with E-state index in [0.717, 1.165) is 11.8 Å². The number of nitrogens with zero attached hydrogens (tertiary/aromatic N) is 2. The van der Waals surface area contributed by atoms with Gasteiger partial charge in [-0.25, -0.2) is 9.78 Å². The van der Waals surface area contributed by atoms with Crippen molar-refractivity contribution < 1.29 is 9.53 Å². The molecule has 11 heavy (non-hydrogen) atoms. The highest BCUT2D eigenvalue weighted by molar-refractivity contribution is 8.12. The molecule has 0 fully saturated rings. The molecule has 0 unspecified atom stereocenters. The van der Waals surface area contributed by atoms with E-state index < -0.39 is 0 Å². The zero-order chi connectivity index (χ0) is 8.10. The Morgan fingerprint density at radius 2 is 2.45 bits per heavy atom. The molecule has 1 aromatic heterocycles. The Kier molecular flexibility index (Phi) is 2.85. The minimum Gasteiger partial charge on any atom is -0.398 e. The van der Waals surface area contributed by atoms with Gasteiger partial charge in [0.15, 0.2) is 0 Å². The Bertz CT molecular complexity index is 240. The summed E-state index contributed by atoms with van der Waals surface area (Å²) in [6.45, 7) is 0. The number of thioether (sulfide) groups is 1. The SMILES string of the molecule is CSC(=O)Oc1cnccn1. The van der Waals surface area contributed by atoms with Gasteiger partial charge >= 0.3 is 5.30 Å². The summed E-state index contributed by atoms with van der Waals surface area (Å²) in [7, 11) is 0. The van der Waals surface area contributed by atoms with Crippen LogP contribution in [0.25, 0.3) is 0 Å². The van der Waals surface area contributed by atoms with Crippen LogP contribution in [0.3, 0.4) is 0 Å². The van der Waals surface area contributed by atoms with Crippen LogP contribution in [0.5, 0.6) is 5.88 Å². The summed E-state index contributed by atoms with van der Waals surface area (Å²) >= 11 is 0.991. The molecule has 0 aliphatic carbocycles. The normalized spacial score (nSPS) is 9.18. The van der Waals surface area contributed by atoms with Gasteiger partial charge in [0.05, 0.1) is 6.20 Å². The van der Waals surface area contributed by atoms with Crippen LogP contribution in [0.2, 0.25) is 0 Å². The van der Waals surface area contributed by atoms with Gasteiger partial charge in [-0.3, -0.25) is 4.98 Å². The first-order valence-electron chi connectivity index (χ1n) is 2.84. The summed E-state index contributed by atoms with van der Waals surface area (Å²) in [4.78, 5) is 18.1. The lowest BCUT2D eigenvalue weighted by Gasteiger charge is -1.97. The third kappa shape index (κ3) is 2.55. The molecule has 0 bridgehead atoms. The van der Waals surface area contributed by atoms with Crippen LogP contribution in [0.4, 0.5) is 4.79 Å². The number of hydrogen-bond donors (Lipinski definition) is 0. The highest BCUT2D eigenvalue weighted by Crippen LogP contribution is 2.06. The molecule has 58 valence electrons. The van der Waals surface area contributed by atoms with Gasteiger partial charge in [-0.2, -0.15) is 0 Å². The third-order valence-corrected chi connectivity index (χ3v) is 1.31. The van der Waals surface area contributed by atoms with Crippen LogP contribution >= 0.6 is 11.8 Å². The van der Waals surface area contributed by atoms with Crippen molar-refractivity contribution in [2.75, 3.05) is 6.26 Å². The van der Waals surface area contributed by atoms with Crippen LogP contribution in [-0.2, 0) is 0 Å². The summed E-state index contributed by atoms with van der Waals surface area (Å²) in [5.74, 6) is 0.229. The third-order valence-electron chi connectivity index (χ3n) is 0.894. The minimum atomic E-state index is -0.384. The first-order valence-corrected chi connectivity index (χ1v) is 4.07. The lowest BCUT2D eigenvalue weighted by molar-refractivity contribution is 0.225. The van der Waals surface area contributed by atoms with Crippen LogP contribution < -0.4 is 4.74 Å². The number of carbonyl (C=O) groups excluding carboxylic acids is 1. The fraction of sp³-hybridized carbons (Fsp3) is 0.167. The summed E-state index contributed by atoms with van der Waals surface area (Å²) in [5, 5.41) is -0.384. The molecular formula is C6H6N2O2S. The Morgan fingerprint density at radius 1 is 1.64 bits per heavy atom. The van der Waals surface area contributed by atoms with Crippen molar-refractivity contribution in [3.8, 4) is 5.88 Å². The lowest BCUT2D eigenvalue weighted by Crippen LogP contribution is -2.00. The fourth-order valence-electron chi connectivity index (χ4n) is 0.465. The van der Waals surface area contributed by atoms with Gasteiger partial charge in [0.25, 0.3) is 0 Å². The number of carbonyl (C=O) groups is 1. The second-order valence-corrected chi connectivity index (χ2v) is 2.34. The van der Waals surface area contributed by atoms with Crippen molar-refractivity contribution in [3.63, 3.8) is 0 Å². The van der Waals surface area contributed by atoms with Crippen molar-refractivity contribution in [1.82, 2.24) is 9.97 Å². The van der Waals surface area contributed by atoms with Gasteiger partial charge in [-0.15, -0.1) is 0 Å². The molecule has 0 saturated heterocycles. The Hall–Kier alpha value is -1.10. The molecule has 1 heterocycles. The quantitative estimate of drug-likeness (QED) is 0.595. The van der Waals surface area contributed by atoms with Crippen LogP contribution in [-0.4, -0.2) is 21.5 Å². The standard InChI is InChI=1S/C6H6N2O2S/c1-11-6(9)10-5-4-7-2-3-8-5/h2-4H,1H3. The van der Waals surface area contributed by atoms with Crippen LogP contribution in [0.15, 0.2) is 18.6 Å². The summed E-state index contributed by atoms with van der Waals surface area (Å²) < 4.78 is 4.71. The van der Waals surface area contributed by atoms with Crippen LogP contribution in [0.1, 0.15) is 0 Å². The molecule has 5 heteroatoms. The monoisotopic (exact) mass is 170 g/mol. The first-order chi connectivity index (χ1) is 5.33. The maximum absolute atomic E-state index is 10.7. The molecule has 0 aliphatic heterocycles. The van der Waals surface area contributed by atoms with Crippen molar-refractivity contribution in [3.05, 3.63) is 18.6 Å². The second kappa shape index (κ2) is 3.92. The summed E-state index contributed by atoms with van der Waals surface area (Å²) in [6, 6.07) is 0. The Labute approximate surface area is 68.0 Å². The van der Waals surface area contributed by atoms with E-state index in [1.54, 1.807) is 6.26 Å². The van der Waals surface area contributed by atoms with Gasteiger partial charge in [-0.1, -0.05) is 0 Å². The molecular weight excluding hydrogens is 164 g/mol. The van der Waals surface area contributed by atoms with Gasteiger partial charge < -0.3 is 4.74 Å². The van der Waals surface area contributed by atoms with Gasteiger partial charge in [0.1, 0.15) is 0 Å². The highest BCUT2D eigenvalue weighted by Gasteiger charge is 2.01. The number of ether oxygens (including phenoxy) is 1. The van der Waals surface area contributed by atoms with E-state index in [9.17, 15) is 4.79 Å². The van der Waals surface area contributed by atoms with Crippen molar-refractivity contribution in [2.24, 2.45) is 0 Å². The van der Waals surface area contributed by atoms with E-state index >= 15 is 0 Å². The summed E-state index contributed by atoms with van der Waals surface area (Å²) in [5.41, 5.74) is 0. The molecule has 0 aromatic carbocycles. The van der Waals surface area contributed by atoms with E-state index in [-0.39, 0.29) is 11.2 Å². The molecule has 0 amide bonds. The molecule has 0 atom stereocenters. The van der Waals surface area contributed by atoms with E-state index in [0.29, 0.717) is 0 Å². The predicted molar refractivity (Wildman–Crippen MR) is 41.6 cm³/mol. The van der Waals surface area contributed by atoms with Crippen LogP contribution in [0, 0.1) is 0 Å². The topological polar surface area (TPSA) is 52.1 Å². The predicted octanol–water partition coefficient (Wildman–Crippen LogP) is 1.34. The maximum Gasteiger partial charge on any atom is 0.373 e. The maximum atomic E-state index is 10.7. The summed E-state index contributed by atoms with van der Waals surface area (Å²) in [6.07, 6.45) is 5.99. The molecule has 0 radical (unpaired) electrons. The number of aromatic nitrogens is 2. The van der Waals surface area contributed by atoms with E-state index in [1.165, 1.54) is 18.6 Å². The molecule has 1 rings (SSSR count). The van der Waals surface area contributed by atoms with E-state index in [1.807, 2.05) is 0 Å². The first kappa shape index (κ1) is 8.00. The minimum absolute atomic E-state index is 0.229. The number of rotatable bonds is 1. The van der Waals surface area contributed by atoms with E-state index in [4.69, 9.17) is 4.74 Å². The van der Waals surface area contributed by atoms with Gasteiger partial charge in [0, 0.05) is 12.4 Å². The van der Waals surface area contributed by atoms with Gasteiger partial charge in [0.2, 0.25) is 5.88 Å². The Morgan fingerprint density at radius 3 is 3.00 bits per heavy atom. The van der Waals surface area contributed by atoms with Crippen molar-refractivity contribution in [1.29, 1.82) is 0 Å². The average molecular weight is 170 g/mol. The lowest BCUT2D eigenvalue weighted by atomic mass is 10.7. The zero-order valence-electron chi connectivity index (χ0n) is 5.85. The van der Waals surface area contributed by atoms with Crippen molar-refractivity contribution >= 4 is 17.1 Å². The zero-order valence-corrected chi connectivity index (χ0v) is 6.67. The molecule has 4 nitrogen and oxygen atoms in total. The largest absolute Gasteiger partial charge is 0.398 e. The smallest absolute Gasteiger partial charge is 0.373 e. The molecule has 0 saturated carbocycles. The van der Waals surface area contributed by atoms with Gasteiger partial charge in [-0.05, 0) is 18.0 Å². The molecule has 1 aromatic rings. The Balaban J connectivity index is 2.58. The number of hydrogen-bond acceptors (Lipinski definition) is 5. The van der Waals surface area contributed by atoms with E-state index in [2.05, 4.69) is 9.97 Å².